The third kappa shape index (κ3) is 7.08. The van der Waals surface area contributed by atoms with Gasteiger partial charge in [-0.15, -0.1) is 0 Å². The topological polar surface area (TPSA) is 112 Å². The number of hydrogen-bond acceptors (Lipinski definition) is 8. The average molecular weight is 446 g/mol. The lowest BCUT2D eigenvalue weighted by Crippen LogP contribution is -2.29. The van der Waals surface area contributed by atoms with Crippen molar-refractivity contribution in [1.29, 1.82) is 0 Å². The molecule has 0 heterocycles. The Bertz CT molecular complexity index is 924. The molecule has 0 saturated heterocycles. The van der Waals surface area contributed by atoms with Crippen LogP contribution in [-0.2, 0) is 31.9 Å². The molecule has 2 atom stereocenters. The maximum absolute atomic E-state index is 12.8. The zero-order chi connectivity index (χ0) is 23.7. The molecule has 32 heavy (non-hydrogen) atoms. The number of rotatable bonds is 11. The molecule has 0 aliphatic carbocycles. The van der Waals surface area contributed by atoms with Crippen molar-refractivity contribution < 1.29 is 38.7 Å². The van der Waals surface area contributed by atoms with E-state index in [1.165, 1.54) is 40.6 Å². The van der Waals surface area contributed by atoms with Gasteiger partial charge in [-0.3, -0.25) is 9.59 Å². The first-order valence-corrected chi connectivity index (χ1v) is 10.2. The summed E-state index contributed by atoms with van der Waals surface area (Å²) in [5, 5.41) is 20.0. The van der Waals surface area contributed by atoms with Gasteiger partial charge in [-0.25, -0.2) is 0 Å². The van der Waals surface area contributed by atoms with Crippen LogP contribution in [0.3, 0.4) is 0 Å². The SMILES string of the molecule is COC(=O)CC[C@H](Cc1cc(O)cc(OC)c1)[C@@H](Cc1cc(O)cc(OC)c1)C(=O)OC. The molecule has 2 N–H and O–H groups in total. The molecule has 2 aromatic rings. The normalized spacial score (nSPS) is 12.5. The van der Waals surface area contributed by atoms with Crippen molar-refractivity contribution in [3.05, 3.63) is 47.5 Å². The van der Waals surface area contributed by atoms with Crippen LogP contribution in [-0.4, -0.2) is 50.6 Å². The van der Waals surface area contributed by atoms with E-state index < -0.39 is 11.9 Å². The third-order valence-electron chi connectivity index (χ3n) is 5.35. The Labute approximate surface area is 187 Å². The van der Waals surface area contributed by atoms with Gasteiger partial charge in [-0.1, -0.05) is 0 Å². The molecule has 0 aliphatic rings. The number of carbonyl (C=O) groups is 2. The second kappa shape index (κ2) is 11.8. The number of methoxy groups -OCH3 is 4. The maximum atomic E-state index is 12.8. The van der Waals surface area contributed by atoms with Crippen LogP contribution in [0, 0.1) is 11.8 Å². The highest BCUT2D eigenvalue weighted by Crippen LogP contribution is 2.32. The minimum atomic E-state index is -0.621. The lowest BCUT2D eigenvalue weighted by Gasteiger charge is -2.26. The van der Waals surface area contributed by atoms with Crippen molar-refractivity contribution in [2.75, 3.05) is 28.4 Å². The van der Waals surface area contributed by atoms with E-state index in [9.17, 15) is 19.8 Å². The van der Waals surface area contributed by atoms with Gasteiger partial charge in [0.25, 0.3) is 0 Å². The highest BCUT2D eigenvalue weighted by molar-refractivity contribution is 5.73. The van der Waals surface area contributed by atoms with E-state index in [-0.39, 0.29) is 36.2 Å². The Morgan fingerprint density at radius 1 is 0.781 bits per heavy atom. The fraction of sp³-hybridized carbons (Fsp3) is 0.417. The monoisotopic (exact) mass is 446 g/mol. The molecule has 0 unspecified atom stereocenters. The second-order valence-electron chi connectivity index (χ2n) is 7.49. The van der Waals surface area contributed by atoms with Crippen LogP contribution in [0.1, 0.15) is 24.0 Å². The zero-order valence-electron chi connectivity index (χ0n) is 18.8. The molecule has 0 aromatic heterocycles. The summed E-state index contributed by atoms with van der Waals surface area (Å²) in [5.41, 5.74) is 1.44. The highest BCUT2D eigenvalue weighted by atomic mass is 16.5. The predicted molar refractivity (Wildman–Crippen MR) is 117 cm³/mol. The smallest absolute Gasteiger partial charge is 0.309 e. The summed E-state index contributed by atoms with van der Waals surface area (Å²) in [5.74, 6) is -0.747. The van der Waals surface area contributed by atoms with Gasteiger partial charge in [0.2, 0.25) is 0 Å². The number of carbonyl (C=O) groups excluding carboxylic acids is 2. The standard InChI is InChI=1S/C24H30O8/c1-29-20-10-15(8-18(25)13-20)7-17(5-6-23(27)31-3)22(24(28)32-4)12-16-9-19(26)14-21(11-16)30-2/h8-11,13-14,17,22,25-26H,5-7,12H2,1-4H3/t17-,22-/m1/s1. The van der Waals surface area contributed by atoms with Crippen molar-refractivity contribution in [1.82, 2.24) is 0 Å². The van der Waals surface area contributed by atoms with Gasteiger partial charge in [0.15, 0.2) is 0 Å². The molecule has 2 rings (SSSR count). The number of hydrogen-bond donors (Lipinski definition) is 2. The van der Waals surface area contributed by atoms with Gasteiger partial charge in [-0.2, -0.15) is 0 Å². The number of esters is 2. The number of benzene rings is 2. The first-order valence-electron chi connectivity index (χ1n) is 10.2. The fourth-order valence-electron chi connectivity index (χ4n) is 3.76. The van der Waals surface area contributed by atoms with Crippen molar-refractivity contribution >= 4 is 11.9 Å². The number of ether oxygens (including phenoxy) is 4. The summed E-state index contributed by atoms with van der Waals surface area (Å²) < 4.78 is 20.3. The number of aromatic hydroxyl groups is 2. The van der Waals surface area contributed by atoms with Gasteiger partial charge in [0.1, 0.15) is 23.0 Å². The summed E-state index contributed by atoms with van der Waals surface area (Å²) in [4.78, 5) is 24.6. The molecule has 0 amide bonds. The molecule has 0 fully saturated rings. The lowest BCUT2D eigenvalue weighted by atomic mass is 9.80. The molecule has 0 radical (unpaired) electrons. The van der Waals surface area contributed by atoms with E-state index in [1.807, 2.05) is 0 Å². The Balaban J connectivity index is 2.40. The number of phenols is 2. The van der Waals surface area contributed by atoms with Gasteiger partial charge in [-0.05, 0) is 60.6 Å². The van der Waals surface area contributed by atoms with E-state index in [2.05, 4.69) is 0 Å². The molecular formula is C24H30O8. The first-order chi connectivity index (χ1) is 15.3. The van der Waals surface area contributed by atoms with Crippen LogP contribution in [0.2, 0.25) is 0 Å². The Morgan fingerprint density at radius 3 is 1.78 bits per heavy atom. The van der Waals surface area contributed by atoms with Crippen LogP contribution in [0.15, 0.2) is 36.4 Å². The average Bonchev–Trinajstić information content (AvgIpc) is 2.78. The van der Waals surface area contributed by atoms with Crippen molar-refractivity contribution in [2.24, 2.45) is 11.8 Å². The minimum absolute atomic E-state index is 0.0202. The summed E-state index contributed by atoms with van der Waals surface area (Å²) in [6.45, 7) is 0. The molecule has 0 saturated carbocycles. The molecule has 8 nitrogen and oxygen atoms in total. The Kier molecular flexibility index (Phi) is 9.19. The molecule has 8 heteroatoms. The molecule has 0 bridgehead atoms. The van der Waals surface area contributed by atoms with Crippen LogP contribution in [0.4, 0.5) is 0 Å². The van der Waals surface area contributed by atoms with Crippen LogP contribution < -0.4 is 9.47 Å². The van der Waals surface area contributed by atoms with Crippen molar-refractivity contribution in [3.8, 4) is 23.0 Å². The lowest BCUT2D eigenvalue weighted by molar-refractivity contribution is -0.148. The number of phenolic OH excluding ortho intramolecular Hbond substituents is 2. The van der Waals surface area contributed by atoms with Gasteiger partial charge in [0, 0.05) is 18.6 Å². The fourth-order valence-corrected chi connectivity index (χ4v) is 3.76. The molecule has 0 spiro atoms. The van der Waals surface area contributed by atoms with Gasteiger partial charge in [0.05, 0.1) is 34.4 Å². The van der Waals surface area contributed by atoms with Gasteiger partial charge >= 0.3 is 11.9 Å². The van der Waals surface area contributed by atoms with E-state index >= 15 is 0 Å². The summed E-state index contributed by atoms with van der Waals surface area (Å²) in [6, 6.07) is 9.64. The predicted octanol–water partition coefficient (Wildman–Crippen LogP) is 3.26. The van der Waals surface area contributed by atoms with E-state index in [0.717, 1.165) is 5.56 Å². The second-order valence-corrected chi connectivity index (χ2v) is 7.49. The van der Waals surface area contributed by atoms with Crippen molar-refractivity contribution in [2.45, 2.75) is 25.7 Å². The van der Waals surface area contributed by atoms with Crippen LogP contribution in [0.25, 0.3) is 0 Å². The zero-order valence-corrected chi connectivity index (χ0v) is 18.8. The van der Waals surface area contributed by atoms with Crippen LogP contribution >= 0.6 is 0 Å². The molecular weight excluding hydrogens is 416 g/mol. The summed E-state index contributed by atoms with van der Waals surface area (Å²) in [6.07, 6.45) is 1.13. The minimum Gasteiger partial charge on any atom is -0.508 e. The van der Waals surface area contributed by atoms with E-state index in [0.29, 0.717) is 29.9 Å². The molecule has 0 aliphatic heterocycles. The first kappa shape index (κ1) is 24.8. The Morgan fingerprint density at radius 2 is 1.31 bits per heavy atom. The molecule has 2 aromatic carbocycles. The summed E-state index contributed by atoms with van der Waals surface area (Å²) >= 11 is 0. The quantitative estimate of drug-likeness (QED) is 0.506. The van der Waals surface area contributed by atoms with E-state index in [1.54, 1.807) is 24.3 Å². The van der Waals surface area contributed by atoms with Crippen LogP contribution in [0.5, 0.6) is 23.0 Å². The Hall–Kier alpha value is -3.42. The van der Waals surface area contributed by atoms with Gasteiger partial charge < -0.3 is 29.2 Å². The highest BCUT2D eigenvalue weighted by Gasteiger charge is 2.31. The maximum Gasteiger partial charge on any atom is 0.309 e. The van der Waals surface area contributed by atoms with Crippen molar-refractivity contribution in [3.63, 3.8) is 0 Å². The largest absolute Gasteiger partial charge is 0.508 e. The summed E-state index contributed by atoms with van der Waals surface area (Å²) in [7, 11) is 5.62. The molecule has 174 valence electrons. The van der Waals surface area contributed by atoms with E-state index in [4.69, 9.17) is 18.9 Å². The third-order valence-corrected chi connectivity index (χ3v) is 5.35.